The van der Waals surface area contributed by atoms with Crippen LogP contribution in [-0.2, 0) is 6.18 Å². The number of benzene rings is 2. The molecule has 7 heteroatoms. The van der Waals surface area contributed by atoms with Gasteiger partial charge in [-0.25, -0.2) is 0 Å². The van der Waals surface area contributed by atoms with Crippen molar-refractivity contribution in [1.82, 2.24) is 0 Å². The molecule has 4 nitrogen and oxygen atoms in total. The smallest absolute Gasteiger partial charge is 0.324 e. The summed E-state index contributed by atoms with van der Waals surface area (Å²) in [6.07, 6.45) is -4.49. The molecule has 0 saturated carbocycles. The van der Waals surface area contributed by atoms with Crippen LogP contribution >= 0.6 is 0 Å². The van der Waals surface area contributed by atoms with Crippen LogP contribution in [0.15, 0.2) is 48.5 Å². The topological polar surface area (TPSA) is 67.2 Å². The second-order valence-electron chi connectivity index (χ2n) is 4.26. The summed E-state index contributed by atoms with van der Waals surface area (Å²) in [5, 5.41) is 2.51. The molecule has 0 radical (unpaired) electrons. The molecule has 0 aromatic heterocycles. The highest BCUT2D eigenvalue weighted by atomic mass is 19.4. The van der Waals surface area contributed by atoms with Gasteiger partial charge < -0.3 is 10.7 Å². The predicted molar refractivity (Wildman–Crippen MR) is 73.6 cm³/mol. The normalized spacial score (nSPS) is 11.0. The lowest BCUT2D eigenvalue weighted by Crippen LogP contribution is -2.14. The summed E-state index contributed by atoms with van der Waals surface area (Å²) >= 11 is 0. The van der Waals surface area contributed by atoms with Crippen molar-refractivity contribution in [3.63, 3.8) is 0 Å². The SMILES string of the molecule is NNc1cccc(NC(=O)c2cccc(C(F)(F)F)c2)c1. The molecular formula is C14H12F3N3O. The Morgan fingerprint density at radius 3 is 2.33 bits per heavy atom. The van der Waals surface area contributed by atoms with Crippen LogP contribution in [0.4, 0.5) is 24.5 Å². The Bertz CT molecular complexity index is 656. The summed E-state index contributed by atoms with van der Waals surface area (Å²) in [5.41, 5.74) is 2.46. The van der Waals surface area contributed by atoms with Crippen molar-refractivity contribution >= 4 is 17.3 Å². The van der Waals surface area contributed by atoms with Gasteiger partial charge in [0.2, 0.25) is 0 Å². The van der Waals surface area contributed by atoms with Gasteiger partial charge in [-0.15, -0.1) is 0 Å². The summed E-state index contributed by atoms with van der Waals surface area (Å²) in [6.45, 7) is 0. The Kier molecular flexibility index (Phi) is 4.13. The summed E-state index contributed by atoms with van der Waals surface area (Å²) in [5.74, 6) is 4.61. The van der Waals surface area contributed by atoms with Crippen molar-refractivity contribution < 1.29 is 18.0 Å². The molecular weight excluding hydrogens is 283 g/mol. The predicted octanol–water partition coefficient (Wildman–Crippen LogP) is 3.24. The van der Waals surface area contributed by atoms with E-state index in [1.54, 1.807) is 24.3 Å². The first kappa shape index (κ1) is 14.9. The third-order valence-electron chi connectivity index (χ3n) is 2.74. The molecule has 2 aromatic rings. The fraction of sp³-hybridized carbons (Fsp3) is 0.0714. The minimum atomic E-state index is -4.49. The fourth-order valence-corrected chi connectivity index (χ4v) is 1.73. The zero-order chi connectivity index (χ0) is 15.5. The van der Waals surface area contributed by atoms with Gasteiger partial charge in [0.25, 0.3) is 5.91 Å². The lowest BCUT2D eigenvalue weighted by atomic mass is 10.1. The largest absolute Gasteiger partial charge is 0.416 e. The number of anilines is 2. The number of carbonyl (C=O) groups excluding carboxylic acids is 1. The number of hydrogen-bond acceptors (Lipinski definition) is 3. The molecule has 0 spiro atoms. The van der Waals surface area contributed by atoms with E-state index in [0.29, 0.717) is 11.4 Å². The molecule has 0 atom stereocenters. The molecule has 0 saturated heterocycles. The Morgan fingerprint density at radius 2 is 1.67 bits per heavy atom. The average Bonchev–Trinajstić information content (AvgIpc) is 2.46. The number of amides is 1. The third-order valence-corrected chi connectivity index (χ3v) is 2.74. The number of alkyl halides is 3. The van der Waals surface area contributed by atoms with Gasteiger partial charge in [-0.2, -0.15) is 13.2 Å². The molecule has 21 heavy (non-hydrogen) atoms. The number of nitrogens with two attached hydrogens (primary N) is 1. The van der Waals surface area contributed by atoms with E-state index in [0.717, 1.165) is 12.1 Å². The first-order valence-electron chi connectivity index (χ1n) is 5.95. The van der Waals surface area contributed by atoms with Crippen molar-refractivity contribution in [2.75, 3.05) is 10.7 Å². The summed E-state index contributed by atoms with van der Waals surface area (Å²) in [4.78, 5) is 12.0. The number of hydrazine groups is 1. The van der Waals surface area contributed by atoms with Crippen LogP contribution in [0.5, 0.6) is 0 Å². The Labute approximate surface area is 118 Å². The molecule has 2 rings (SSSR count). The fourth-order valence-electron chi connectivity index (χ4n) is 1.73. The third kappa shape index (κ3) is 3.73. The van der Waals surface area contributed by atoms with Gasteiger partial charge in [0, 0.05) is 11.3 Å². The van der Waals surface area contributed by atoms with Crippen LogP contribution < -0.4 is 16.6 Å². The number of rotatable bonds is 3. The lowest BCUT2D eigenvalue weighted by molar-refractivity contribution is -0.137. The van der Waals surface area contributed by atoms with Gasteiger partial charge in [-0.3, -0.25) is 10.6 Å². The maximum atomic E-state index is 12.6. The van der Waals surface area contributed by atoms with E-state index in [4.69, 9.17) is 5.84 Å². The van der Waals surface area contributed by atoms with E-state index in [1.807, 2.05) is 0 Å². The molecule has 4 N–H and O–H groups in total. The molecule has 0 aliphatic carbocycles. The molecule has 0 aliphatic rings. The summed E-state index contributed by atoms with van der Waals surface area (Å²) in [6, 6.07) is 10.7. The minimum Gasteiger partial charge on any atom is -0.324 e. The highest BCUT2D eigenvalue weighted by molar-refractivity contribution is 6.04. The van der Waals surface area contributed by atoms with E-state index < -0.39 is 17.6 Å². The number of nitrogen functional groups attached to an aromatic ring is 1. The lowest BCUT2D eigenvalue weighted by Gasteiger charge is -2.10. The zero-order valence-corrected chi connectivity index (χ0v) is 10.7. The molecule has 0 aliphatic heterocycles. The molecule has 1 amide bonds. The van der Waals surface area contributed by atoms with Crippen molar-refractivity contribution in [3.8, 4) is 0 Å². The summed E-state index contributed by atoms with van der Waals surface area (Å²) < 4.78 is 37.8. The molecule has 2 aromatic carbocycles. The van der Waals surface area contributed by atoms with Crippen LogP contribution in [0.3, 0.4) is 0 Å². The molecule has 0 bridgehead atoms. The highest BCUT2D eigenvalue weighted by Crippen LogP contribution is 2.29. The quantitative estimate of drug-likeness (QED) is 0.601. The molecule has 0 fully saturated rings. The van der Waals surface area contributed by atoms with Gasteiger partial charge >= 0.3 is 6.18 Å². The maximum absolute atomic E-state index is 12.6. The van der Waals surface area contributed by atoms with Gasteiger partial charge in [0.05, 0.1) is 11.3 Å². The first-order chi connectivity index (χ1) is 9.90. The molecule has 0 heterocycles. The monoisotopic (exact) mass is 295 g/mol. The second-order valence-corrected chi connectivity index (χ2v) is 4.26. The van der Waals surface area contributed by atoms with E-state index in [-0.39, 0.29) is 5.56 Å². The maximum Gasteiger partial charge on any atom is 0.416 e. The van der Waals surface area contributed by atoms with Crippen LogP contribution in [0.25, 0.3) is 0 Å². The van der Waals surface area contributed by atoms with Gasteiger partial charge in [0.15, 0.2) is 0 Å². The second kappa shape index (κ2) is 5.84. The van der Waals surface area contributed by atoms with Gasteiger partial charge in [0.1, 0.15) is 0 Å². The van der Waals surface area contributed by atoms with Crippen LogP contribution in [0, 0.1) is 0 Å². The molecule has 0 unspecified atom stereocenters. The number of hydrogen-bond donors (Lipinski definition) is 3. The van der Waals surface area contributed by atoms with E-state index in [2.05, 4.69) is 10.7 Å². The van der Waals surface area contributed by atoms with Crippen molar-refractivity contribution in [2.45, 2.75) is 6.18 Å². The summed E-state index contributed by atoms with van der Waals surface area (Å²) in [7, 11) is 0. The Hall–Kier alpha value is -2.54. The number of halogens is 3. The average molecular weight is 295 g/mol. The Morgan fingerprint density at radius 1 is 1.00 bits per heavy atom. The zero-order valence-electron chi connectivity index (χ0n) is 10.7. The minimum absolute atomic E-state index is 0.0732. The number of carbonyl (C=O) groups is 1. The van der Waals surface area contributed by atoms with Gasteiger partial charge in [-0.05, 0) is 36.4 Å². The van der Waals surface area contributed by atoms with Crippen LogP contribution in [0.2, 0.25) is 0 Å². The van der Waals surface area contributed by atoms with E-state index in [9.17, 15) is 18.0 Å². The highest BCUT2D eigenvalue weighted by Gasteiger charge is 2.30. The van der Waals surface area contributed by atoms with Crippen molar-refractivity contribution in [3.05, 3.63) is 59.7 Å². The Balaban J connectivity index is 2.20. The molecule has 110 valence electrons. The van der Waals surface area contributed by atoms with Crippen molar-refractivity contribution in [1.29, 1.82) is 0 Å². The number of nitrogens with one attached hydrogen (secondary N) is 2. The van der Waals surface area contributed by atoms with Gasteiger partial charge in [-0.1, -0.05) is 12.1 Å². The van der Waals surface area contributed by atoms with E-state index >= 15 is 0 Å². The first-order valence-corrected chi connectivity index (χ1v) is 5.95. The standard InChI is InChI=1S/C14H12F3N3O/c15-14(16,17)10-4-1-3-9(7-10)13(21)19-11-5-2-6-12(8-11)20-18/h1-8,20H,18H2,(H,19,21). The van der Waals surface area contributed by atoms with Crippen molar-refractivity contribution in [2.24, 2.45) is 5.84 Å². The van der Waals surface area contributed by atoms with E-state index in [1.165, 1.54) is 12.1 Å². The van der Waals surface area contributed by atoms with Crippen LogP contribution in [-0.4, -0.2) is 5.91 Å². The van der Waals surface area contributed by atoms with Crippen LogP contribution in [0.1, 0.15) is 15.9 Å².